The molecule has 12 heavy (non-hydrogen) atoms. The third kappa shape index (κ3) is 2.33. The van der Waals surface area contributed by atoms with Crippen molar-refractivity contribution in [1.29, 1.82) is 0 Å². The predicted octanol–water partition coefficient (Wildman–Crippen LogP) is 3.51. The Balaban J connectivity index is 2.61. The Labute approximate surface area is 88.6 Å². The first-order valence-electron chi connectivity index (χ1n) is 4.42. The first-order chi connectivity index (χ1) is 5.79. The minimum Gasteiger partial charge on any atom is -0.312 e. The van der Waals surface area contributed by atoms with Crippen molar-refractivity contribution in [3.63, 3.8) is 0 Å². The average Bonchev–Trinajstić information content (AvgIpc) is 2.16. The van der Waals surface area contributed by atoms with Gasteiger partial charge in [-0.05, 0) is 19.3 Å². The first-order valence-corrected chi connectivity index (χ1v) is 5.30. The van der Waals surface area contributed by atoms with Gasteiger partial charge in [0.05, 0.1) is 6.10 Å². The lowest BCUT2D eigenvalue weighted by Gasteiger charge is -2.26. The number of hydrogen-bond acceptors (Lipinski definition) is 1. The summed E-state index contributed by atoms with van der Waals surface area (Å²) in [6.45, 7) is 4.35. The highest BCUT2D eigenvalue weighted by Gasteiger charge is 2.22. The average molecular weight is 278 g/mol. The molecule has 0 N–H and O–H groups in total. The fraction of sp³-hybridized carbons (Fsp3) is 0.600. The molecule has 0 aromatic heterocycles. The molecule has 0 heterocycles. The topological polar surface area (TPSA) is 9.23 Å². The monoisotopic (exact) mass is 278 g/mol. The Hall–Kier alpha value is 0.170. The summed E-state index contributed by atoms with van der Waals surface area (Å²) in [5, 5.41) is 0. The van der Waals surface area contributed by atoms with Crippen LogP contribution >= 0.6 is 23.0 Å². The zero-order valence-electron chi connectivity index (χ0n) is 7.53. The number of hydrogen-bond donors (Lipinski definition) is 0. The second-order valence-corrected chi connectivity index (χ2v) is 3.72. The van der Waals surface area contributed by atoms with Crippen molar-refractivity contribution in [2.45, 2.75) is 26.4 Å². The van der Waals surface area contributed by atoms with Gasteiger partial charge in [0, 0.05) is 5.92 Å². The van der Waals surface area contributed by atoms with Crippen LogP contribution in [0.3, 0.4) is 0 Å². The first kappa shape index (κ1) is 10.3. The third-order valence-electron chi connectivity index (χ3n) is 2.45. The summed E-state index contributed by atoms with van der Waals surface area (Å²) in [4.78, 5) is 0. The fourth-order valence-corrected chi connectivity index (χ4v) is 1.98. The van der Waals surface area contributed by atoms with Crippen LogP contribution in [0.1, 0.15) is 20.3 Å². The lowest BCUT2D eigenvalue weighted by Crippen LogP contribution is -2.24. The van der Waals surface area contributed by atoms with E-state index in [1.54, 1.807) is 0 Å². The molecule has 68 valence electrons. The van der Waals surface area contributed by atoms with Gasteiger partial charge in [-0.3, -0.25) is 0 Å². The maximum atomic E-state index is 5.31. The molecule has 0 radical (unpaired) electrons. The Bertz CT molecular complexity index is 186. The van der Waals surface area contributed by atoms with Crippen LogP contribution in [0.25, 0.3) is 0 Å². The van der Waals surface area contributed by atoms with Crippen LogP contribution in [-0.2, 0) is 3.07 Å². The van der Waals surface area contributed by atoms with E-state index in [0.717, 1.165) is 0 Å². The Morgan fingerprint density at radius 3 is 2.67 bits per heavy atom. The fourth-order valence-electron chi connectivity index (χ4n) is 1.64. The lowest BCUT2D eigenvalue weighted by molar-refractivity contribution is 0.206. The molecule has 2 heteroatoms. The minimum atomic E-state index is 0.316. The molecule has 0 saturated heterocycles. The number of halogens is 1. The van der Waals surface area contributed by atoms with E-state index in [0.29, 0.717) is 17.9 Å². The summed E-state index contributed by atoms with van der Waals surface area (Å²) < 4.78 is 5.31. The van der Waals surface area contributed by atoms with Gasteiger partial charge >= 0.3 is 0 Å². The van der Waals surface area contributed by atoms with Crippen LogP contribution in [0.4, 0.5) is 0 Å². The quantitative estimate of drug-likeness (QED) is 0.718. The molecule has 1 aliphatic carbocycles. The van der Waals surface area contributed by atoms with Crippen LogP contribution < -0.4 is 0 Å². The maximum absolute atomic E-state index is 5.31. The van der Waals surface area contributed by atoms with Crippen LogP contribution in [-0.4, -0.2) is 6.10 Å². The summed E-state index contributed by atoms with van der Waals surface area (Å²) in [6.07, 6.45) is 10.3. The molecule has 3 atom stereocenters. The zero-order chi connectivity index (χ0) is 8.97. The Kier molecular flexibility index (Phi) is 4.29. The molecule has 1 rings (SSSR count). The van der Waals surface area contributed by atoms with Crippen molar-refractivity contribution >= 4 is 23.0 Å². The van der Waals surface area contributed by atoms with Crippen molar-refractivity contribution in [3.8, 4) is 0 Å². The molecule has 0 aliphatic heterocycles. The van der Waals surface area contributed by atoms with Gasteiger partial charge in [-0.15, -0.1) is 0 Å². The van der Waals surface area contributed by atoms with Crippen LogP contribution in [0.15, 0.2) is 24.3 Å². The van der Waals surface area contributed by atoms with Crippen molar-refractivity contribution in [1.82, 2.24) is 0 Å². The maximum Gasteiger partial charge on any atom is 0.110 e. The van der Waals surface area contributed by atoms with Gasteiger partial charge in [-0.1, -0.05) is 31.2 Å². The second-order valence-electron chi connectivity index (χ2n) is 3.21. The summed E-state index contributed by atoms with van der Waals surface area (Å²) in [5.41, 5.74) is 0. The van der Waals surface area contributed by atoms with E-state index in [1.165, 1.54) is 6.42 Å². The normalized spacial score (nSPS) is 30.6. The summed E-state index contributed by atoms with van der Waals surface area (Å²) in [6, 6.07) is 0. The van der Waals surface area contributed by atoms with E-state index in [9.17, 15) is 0 Å². The van der Waals surface area contributed by atoms with Gasteiger partial charge < -0.3 is 3.07 Å². The highest BCUT2D eigenvalue weighted by Crippen LogP contribution is 2.27. The molecule has 0 spiro atoms. The van der Waals surface area contributed by atoms with Crippen molar-refractivity contribution < 1.29 is 3.07 Å². The minimum absolute atomic E-state index is 0.316. The third-order valence-corrected chi connectivity index (χ3v) is 3.25. The molecule has 0 fully saturated rings. The molecular weight excluding hydrogens is 263 g/mol. The number of allylic oxidation sites excluding steroid dienone is 3. The Morgan fingerprint density at radius 1 is 1.42 bits per heavy atom. The van der Waals surface area contributed by atoms with Gasteiger partial charge in [0.2, 0.25) is 0 Å². The van der Waals surface area contributed by atoms with Gasteiger partial charge in [0.15, 0.2) is 0 Å². The summed E-state index contributed by atoms with van der Waals surface area (Å²) in [5.74, 6) is 1.21. The largest absolute Gasteiger partial charge is 0.312 e. The van der Waals surface area contributed by atoms with E-state index >= 15 is 0 Å². The Morgan fingerprint density at radius 2 is 2.08 bits per heavy atom. The van der Waals surface area contributed by atoms with Gasteiger partial charge in [-0.25, -0.2) is 0 Å². The molecular formula is C10H15IO. The summed E-state index contributed by atoms with van der Waals surface area (Å²) in [7, 11) is 0. The number of rotatable bonds is 3. The molecule has 1 aliphatic rings. The molecule has 0 bridgehead atoms. The standard InChI is InChI=1S/C10H15IO/c1-3-9-6-4-5-7-10(9)8(2)12-11/h4-10H,3H2,1-2H3. The van der Waals surface area contributed by atoms with E-state index in [-0.39, 0.29) is 0 Å². The van der Waals surface area contributed by atoms with E-state index in [1.807, 2.05) is 23.0 Å². The van der Waals surface area contributed by atoms with Crippen LogP contribution in [0.5, 0.6) is 0 Å². The van der Waals surface area contributed by atoms with Crippen molar-refractivity contribution in [2.24, 2.45) is 11.8 Å². The molecule has 3 unspecified atom stereocenters. The lowest BCUT2D eigenvalue weighted by atomic mass is 9.83. The molecule has 1 nitrogen and oxygen atoms in total. The van der Waals surface area contributed by atoms with E-state index < -0.39 is 0 Å². The molecule has 0 aromatic carbocycles. The summed E-state index contributed by atoms with van der Waals surface area (Å²) >= 11 is 1.98. The van der Waals surface area contributed by atoms with Gasteiger partial charge in [0.25, 0.3) is 0 Å². The highest BCUT2D eigenvalue weighted by atomic mass is 127. The smallest absolute Gasteiger partial charge is 0.110 e. The molecule has 0 aromatic rings. The van der Waals surface area contributed by atoms with E-state index in [4.69, 9.17) is 3.07 Å². The van der Waals surface area contributed by atoms with Gasteiger partial charge in [-0.2, -0.15) is 0 Å². The molecule has 0 amide bonds. The predicted molar refractivity (Wildman–Crippen MR) is 60.1 cm³/mol. The zero-order valence-corrected chi connectivity index (χ0v) is 9.69. The van der Waals surface area contributed by atoms with Crippen molar-refractivity contribution in [2.75, 3.05) is 0 Å². The SMILES string of the molecule is CCC1C=CC=CC1C(C)OI. The van der Waals surface area contributed by atoms with Gasteiger partial charge in [0.1, 0.15) is 23.0 Å². The second kappa shape index (κ2) is 5.02. The van der Waals surface area contributed by atoms with E-state index in [2.05, 4.69) is 38.2 Å². The van der Waals surface area contributed by atoms with Crippen LogP contribution in [0, 0.1) is 11.8 Å². The van der Waals surface area contributed by atoms with Crippen molar-refractivity contribution in [3.05, 3.63) is 24.3 Å². The van der Waals surface area contributed by atoms with Crippen LogP contribution in [0.2, 0.25) is 0 Å². The highest BCUT2D eigenvalue weighted by molar-refractivity contribution is 14.1. The molecule has 0 saturated carbocycles.